The lowest BCUT2D eigenvalue weighted by Crippen LogP contribution is -2.36. The number of benzene rings is 1. The summed E-state index contributed by atoms with van der Waals surface area (Å²) in [6, 6.07) is 5.85. The van der Waals surface area contributed by atoms with Crippen LogP contribution in [0.2, 0.25) is 0 Å². The Hall–Kier alpha value is -1.71. The van der Waals surface area contributed by atoms with E-state index in [1.165, 1.54) is 0 Å². The molecule has 0 aliphatic rings. The molecule has 1 rings (SSSR count). The summed E-state index contributed by atoms with van der Waals surface area (Å²) < 4.78 is 0. The normalized spacial score (nSPS) is 10.1. The highest BCUT2D eigenvalue weighted by Crippen LogP contribution is 2.20. The van der Waals surface area contributed by atoms with Crippen molar-refractivity contribution in [2.45, 2.75) is 13.8 Å². The Morgan fingerprint density at radius 3 is 2.47 bits per heavy atom. The number of anilines is 2. The van der Waals surface area contributed by atoms with Gasteiger partial charge in [-0.05, 0) is 37.6 Å². The largest absolute Gasteiger partial charge is 0.399 e. The number of hydrogen-bond acceptors (Lipinski definition) is 3. The molecule has 0 saturated heterocycles. The van der Waals surface area contributed by atoms with Gasteiger partial charge in [0, 0.05) is 32.0 Å². The lowest BCUT2D eigenvalue weighted by atomic mass is 10.1. The molecule has 2 N–H and O–H groups in total. The van der Waals surface area contributed by atoms with Crippen molar-refractivity contribution in [3.05, 3.63) is 23.8 Å². The molecule has 0 spiro atoms. The summed E-state index contributed by atoms with van der Waals surface area (Å²) >= 11 is 0. The first kappa shape index (κ1) is 13.4. The van der Waals surface area contributed by atoms with Gasteiger partial charge in [-0.1, -0.05) is 0 Å². The standard InChI is InChI=1S/C13H21N3O/c1-5-16(9-13(17)15(3)4)11-6-7-12(14)10(2)8-11/h6-8H,5,9,14H2,1-4H3. The number of nitrogens with zero attached hydrogens (tertiary/aromatic N) is 2. The lowest BCUT2D eigenvalue weighted by molar-refractivity contribution is -0.127. The second-order valence-electron chi connectivity index (χ2n) is 4.34. The summed E-state index contributed by atoms with van der Waals surface area (Å²) in [4.78, 5) is 15.3. The van der Waals surface area contributed by atoms with Crippen LogP contribution in [-0.4, -0.2) is 38.0 Å². The third-order valence-electron chi connectivity index (χ3n) is 2.83. The van der Waals surface area contributed by atoms with Gasteiger partial charge < -0.3 is 15.5 Å². The Bertz CT molecular complexity index is 402. The highest BCUT2D eigenvalue weighted by molar-refractivity contribution is 5.81. The maximum Gasteiger partial charge on any atom is 0.241 e. The average Bonchev–Trinajstić information content (AvgIpc) is 2.29. The second-order valence-corrected chi connectivity index (χ2v) is 4.34. The summed E-state index contributed by atoms with van der Waals surface area (Å²) in [7, 11) is 3.54. The first-order chi connectivity index (χ1) is 7.95. The van der Waals surface area contributed by atoms with E-state index in [4.69, 9.17) is 5.73 Å². The number of aryl methyl sites for hydroxylation is 1. The van der Waals surface area contributed by atoms with E-state index in [-0.39, 0.29) is 5.91 Å². The van der Waals surface area contributed by atoms with Gasteiger partial charge in [0.15, 0.2) is 0 Å². The van der Waals surface area contributed by atoms with Crippen LogP contribution in [0.25, 0.3) is 0 Å². The van der Waals surface area contributed by atoms with Crippen LogP contribution in [0.1, 0.15) is 12.5 Å². The fraction of sp³-hybridized carbons (Fsp3) is 0.462. The Morgan fingerprint density at radius 2 is 2.00 bits per heavy atom. The molecule has 0 fully saturated rings. The van der Waals surface area contributed by atoms with Gasteiger partial charge in [-0.2, -0.15) is 0 Å². The van der Waals surface area contributed by atoms with Crippen molar-refractivity contribution < 1.29 is 4.79 Å². The molecular formula is C13H21N3O. The highest BCUT2D eigenvalue weighted by atomic mass is 16.2. The molecule has 94 valence electrons. The number of carbonyl (C=O) groups is 1. The molecule has 17 heavy (non-hydrogen) atoms. The Labute approximate surface area is 103 Å². The Kier molecular flexibility index (Phi) is 4.37. The van der Waals surface area contributed by atoms with E-state index >= 15 is 0 Å². The van der Waals surface area contributed by atoms with Crippen LogP contribution in [0.4, 0.5) is 11.4 Å². The fourth-order valence-corrected chi connectivity index (χ4v) is 1.55. The predicted octanol–water partition coefficient (Wildman–Crippen LogP) is 1.49. The van der Waals surface area contributed by atoms with E-state index in [9.17, 15) is 4.79 Å². The number of nitrogens with two attached hydrogens (primary N) is 1. The third kappa shape index (κ3) is 3.37. The van der Waals surface area contributed by atoms with Gasteiger partial charge in [0.05, 0.1) is 6.54 Å². The zero-order valence-corrected chi connectivity index (χ0v) is 11.0. The number of likely N-dealkylation sites (N-methyl/N-ethyl adjacent to an activating group) is 2. The molecule has 0 unspecified atom stereocenters. The van der Waals surface area contributed by atoms with Crippen LogP contribution in [0.5, 0.6) is 0 Å². The first-order valence-corrected chi connectivity index (χ1v) is 5.77. The number of hydrogen-bond donors (Lipinski definition) is 1. The summed E-state index contributed by atoms with van der Waals surface area (Å²) in [6.45, 7) is 5.20. The van der Waals surface area contributed by atoms with Crippen LogP contribution in [0.15, 0.2) is 18.2 Å². The van der Waals surface area contributed by atoms with E-state index in [2.05, 4.69) is 0 Å². The molecule has 4 nitrogen and oxygen atoms in total. The van der Waals surface area contributed by atoms with Crippen LogP contribution in [0.3, 0.4) is 0 Å². The Balaban J connectivity index is 2.86. The molecule has 0 bridgehead atoms. The van der Waals surface area contributed by atoms with E-state index in [1.54, 1.807) is 19.0 Å². The van der Waals surface area contributed by atoms with Gasteiger partial charge >= 0.3 is 0 Å². The van der Waals surface area contributed by atoms with Gasteiger partial charge in [0.1, 0.15) is 0 Å². The molecule has 0 radical (unpaired) electrons. The van der Waals surface area contributed by atoms with Crippen LogP contribution in [-0.2, 0) is 4.79 Å². The third-order valence-corrected chi connectivity index (χ3v) is 2.83. The number of nitrogen functional groups attached to an aromatic ring is 1. The summed E-state index contributed by atoms with van der Waals surface area (Å²) in [5, 5.41) is 0. The van der Waals surface area contributed by atoms with Crippen LogP contribution >= 0.6 is 0 Å². The molecule has 0 aromatic heterocycles. The summed E-state index contributed by atoms with van der Waals surface area (Å²) in [6.07, 6.45) is 0. The molecule has 0 atom stereocenters. The molecule has 0 heterocycles. The van der Waals surface area contributed by atoms with Gasteiger partial charge in [-0.25, -0.2) is 0 Å². The molecular weight excluding hydrogens is 214 g/mol. The van der Waals surface area contributed by atoms with Crippen molar-refractivity contribution in [3.63, 3.8) is 0 Å². The van der Waals surface area contributed by atoms with Crippen molar-refractivity contribution in [3.8, 4) is 0 Å². The van der Waals surface area contributed by atoms with Crippen molar-refractivity contribution in [2.75, 3.05) is 37.8 Å². The molecule has 1 amide bonds. The van der Waals surface area contributed by atoms with Gasteiger partial charge in [0.2, 0.25) is 5.91 Å². The topological polar surface area (TPSA) is 49.6 Å². The van der Waals surface area contributed by atoms with Gasteiger partial charge in [0.25, 0.3) is 0 Å². The second kappa shape index (κ2) is 5.57. The van der Waals surface area contributed by atoms with Crippen LogP contribution in [0, 0.1) is 6.92 Å². The maximum atomic E-state index is 11.7. The Morgan fingerprint density at radius 1 is 1.35 bits per heavy atom. The zero-order chi connectivity index (χ0) is 13.0. The maximum absolute atomic E-state index is 11.7. The van der Waals surface area contributed by atoms with E-state index in [0.29, 0.717) is 6.54 Å². The molecule has 1 aromatic carbocycles. The van der Waals surface area contributed by atoms with Gasteiger partial charge in [-0.15, -0.1) is 0 Å². The van der Waals surface area contributed by atoms with Crippen molar-refractivity contribution in [1.29, 1.82) is 0 Å². The summed E-state index contributed by atoms with van der Waals surface area (Å²) in [5.41, 5.74) is 8.64. The van der Waals surface area contributed by atoms with Gasteiger partial charge in [-0.3, -0.25) is 4.79 Å². The zero-order valence-electron chi connectivity index (χ0n) is 11.0. The first-order valence-electron chi connectivity index (χ1n) is 5.77. The summed E-state index contributed by atoms with van der Waals surface area (Å²) in [5.74, 6) is 0.0985. The average molecular weight is 235 g/mol. The number of rotatable bonds is 4. The predicted molar refractivity (Wildman–Crippen MR) is 72.2 cm³/mol. The van der Waals surface area contributed by atoms with E-state index < -0.39 is 0 Å². The van der Waals surface area contributed by atoms with E-state index in [1.807, 2.05) is 36.9 Å². The number of carbonyl (C=O) groups excluding carboxylic acids is 1. The number of amides is 1. The molecule has 4 heteroatoms. The van der Waals surface area contributed by atoms with E-state index in [0.717, 1.165) is 23.5 Å². The van der Waals surface area contributed by atoms with Crippen molar-refractivity contribution in [2.24, 2.45) is 0 Å². The molecule has 0 saturated carbocycles. The minimum absolute atomic E-state index is 0.0985. The highest BCUT2D eigenvalue weighted by Gasteiger charge is 2.11. The van der Waals surface area contributed by atoms with Crippen molar-refractivity contribution in [1.82, 2.24) is 4.90 Å². The van der Waals surface area contributed by atoms with Crippen molar-refractivity contribution >= 4 is 17.3 Å². The molecule has 0 aliphatic carbocycles. The minimum atomic E-state index is 0.0985. The lowest BCUT2D eigenvalue weighted by Gasteiger charge is -2.24. The molecule has 0 aliphatic heterocycles. The molecule has 1 aromatic rings. The smallest absolute Gasteiger partial charge is 0.241 e. The SMILES string of the molecule is CCN(CC(=O)N(C)C)c1ccc(N)c(C)c1. The fourth-order valence-electron chi connectivity index (χ4n) is 1.55. The monoisotopic (exact) mass is 235 g/mol. The minimum Gasteiger partial charge on any atom is -0.399 e. The van der Waals surface area contributed by atoms with Crippen LogP contribution < -0.4 is 10.6 Å². The quantitative estimate of drug-likeness (QED) is 0.804.